The van der Waals surface area contributed by atoms with E-state index in [1.807, 2.05) is 6.08 Å². The molecule has 0 aromatic heterocycles. The molecule has 3 rings (SSSR count). The van der Waals surface area contributed by atoms with E-state index in [0.29, 0.717) is 0 Å². The van der Waals surface area contributed by atoms with Gasteiger partial charge in [-0.2, -0.15) is 4.99 Å². The number of rotatable bonds is 2. The maximum atomic E-state index is 10.9. The Balaban J connectivity index is 2.14. The van der Waals surface area contributed by atoms with Crippen molar-refractivity contribution in [3.8, 4) is 0 Å². The molecule has 0 unspecified atom stereocenters. The van der Waals surface area contributed by atoms with Gasteiger partial charge in [0.1, 0.15) is 0 Å². The maximum Gasteiger partial charge on any atom is 0.235 e. The molecule has 1 saturated carbocycles. The van der Waals surface area contributed by atoms with E-state index in [-0.39, 0.29) is 5.54 Å². The molecular formula is C16H20N2O. The van der Waals surface area contributed by atoms with Gasteiger partial charge in [0.25, 0.3) is 0 Å². The molecule has 100 valence electrons. The Bertz CT molecular complexity index is 526. The number of isocyanates is 1. The summed E-state index contributed by atoms with van der Waals surface area (Å²) in [6.07, 6.45) is 8.41. The first kappa shape index (κ1) is 12.4. The highest BCUT2D eigenvalue weighted by Gasteiger charge is 2.38. The van der Waals surface area contributed by atoms with Crippen LogP contribution >= 0.6 is 0 Å². The van der Waals surface area contributed by atoms with Crippen molar-refractivity contribution in [1.82, 2.24) is 0 Å². The maximum absolute atomic E-state index is 10.9. The first-order chi connectivity index (χ1) is 9.27. The predicted octanol–water partition coefficient (Wildman–Crippen LogP) is 3.17. The van der Waals surface area contributed by atoms with Crippen LogP contribution in [0.4, 0.5) is 5.69 Å². The highest BCUT2D eigenvalue weighted by atomic mass is 16.1. The number of aliphatic imine (C=N–C) groups is 1. The highest BCUT2D eigenvalue weighted by molar-refractivity contribution is 5.60. The molecule has 0 spiro atoms. The van der Waals surface area contributed by atoms with Crippen LogP contribution in [-0.2, 0) is 16.8 Å². The Morgan fingerprint density at radius 1 is 1.26 bits per heavy atom. The molecule has 1 aliphatic carbocycles. The van der Waals surface area contributed by atoms with Gasteiger partial charge in [-0.05, 0) is 42.9 Å². The van der Waals surface area contributed by atoms with Gasteiger partial charge in [-0.3, -0.25) is 0 Å². The minimum absolute atomic E-state index is 0.286. The van der Waals surface area contributed by atoms with Gasteiger partial charge in [0.2, 0.25) is 6.08 Å². The van der Waals surface area contributed by atoms with E-state index in [9.17, 15) is 4.79 Å². The quantitative estimate of drug-likeness (QED) is 0.601. The zero-order valence-electron chi connectivity index (χ0n) is 11.5. The third kappa shape index (κ3) is 1.98. The SMILES string of the molecule is CN1CCCc2c1cccc2C1(N=C=O)CCCC1. The molecule has 0 amide bonds. The van der Waals surface area contributed by atoms with Gasteiger partial charge in [-0.1, -0.05) is 25.0 Å². The van der Waals surface area contributed by atoms with Crippen LogP contribution in [0.25, 0.3) is 0 Å². The Hall–Kier alpha value is -1.60. The minimum Gasteiger partial charge on any atom is -0.374 e. The summed E-state index contributed by atoms with van der Waals surface area (Å²) in [5.41, 5.74) is 3.70. The van der Waals surface area contributed by atoms with Crippen molar-refractivity contribution in [2.75, 3.05) is 18.5 Å². The number of benzene rings is 1. The first-order valence-electron chi connectivity index (χ1n) is 7.19. The fraction of sp³-hybridized carbons (Fsp3) is 0.562. The summed E-state index contributed by atoms with van der Waals surface area (Å²) in [7, 11) is 2.14. The average Bonchev–Trinajstić information content (AvgIpc) is 2.89. The molecule has 0 radical (unpaired) electrons. The summed E-state index contributed by atoms with van der Waals surface area (Å²) in [5, 5.41) is 0. The predicted molar refractivity (Wildman–Crippen MR) is 76.3 cm³/mol. The number of hydrogen-bond donors (Lipinski definition) is 0. The smallest absolute Gasteiger partial charge is 0.235 e. The molecule has 1 fully saturated rings. The van der Waals surface area contributed by atoms with Crippen molar-refractivity contribution in [3.63, 3.8) is 0 Å². The normalized spacial score (nSPS) is 20.8. The molecular weight excluding hydrogens is 236 g/mol. The van der Waals surface area contributed by atoms with Crippen LogP contribution in [0.5, 0.6) is 0 Å². The van der Waals surface area contributed by atoms with E-state index in [4.69, 9.17) is 0 Å². The van der Waals surface area contributed by atoms with Gasteiger partial charge in [-0.25, -0.2) is 4.79 Å². The van der Waals surface area contributed by atoms with E-state index in [2.05, 4.69) is 35.1 Å². The summed E-state index contributed by atoms with van der Waals surface area (Å²) in [5.74, 6) is 0. The largest absolute Gasteiger partial charge is 0.374 e. The summed E-state index contributed by atoms with van der Waals surface area (Å²) in [4.78, 5) is 17.4. The lowest BCUT2D eigenvalue weighted by molar-refractivity contribution is 0.450. The summed E-state index contributed by atoms with van der Waals surface area (Å²) in [6.45, 7) is 1.11. The number of fused-ring (bicyclic) bond motifs is 1. The second-order valence-corrected chi connectivity index (χ2v) is 5.77. The average molecular weight is 256 g/mol. The van der Waals surface area contributed by atoms with E-state index in [1.54, 1.807) is 0 Å². The van der Waals surface area contributed by atoms with Gasteiger partial charge in [0.15, 0.2) is 0 Å². The number of anilines is 1. The van der Waals surface area contributed by atoms with Crippen LogP contribution in [0.1, 0.15) is 43.2 Å². The van der Waals surface area contributed by atoms with Crippen molar-refractivity contribution >= 4 is 11.8 Å². The van der Waals surface area contributed by atoms with Crippen LogP contribution < -0.4 is 4.90 Å². The summed E-state index contributed by atoms with van der Waals surface area (Å²) in [6, 6.07) is 6.46. The molecule has 3 heteroatoms. The van der Waals surface area contributed by atoms with Crippen LogP contribution in [0.3, 0.4) is 0 Å². The van der Waals surface area contributed by atoms with Crippen molar-refractivity contribution in [2.45, 2.75) is 44.1 Å². The summed E-state index contributed by atoms with van der Waals surface area (Å²) < 4.78 is 0. The fourth-order valence-corrected chi connectivity index (χ4v) is 3.73. The molecule has 0 saturated heterocycles. The standard InChI is InChI=1S/C16H20N2O/c1-18-11-5-6-13-14(7-4-8-15(13)18)16(17-12-19)9-2-3-10-16/h4,7-8H,2-3,5-6,9-11H2,1H3. The molecule has 1 aromatic rings. The van der Waals surface area contributed by atoms with E-state index in [1.165, 1.54) is 23.2 Å². The molecule has 0 atom stereocenters. The van der Waals surface area contributed by atoms with Crippen molar-refractivity contribution in [3.05, 3.63) is 29.3 Å². The second kappa shape index (κ2) is 4.82. The van der Waals surface area contributed by atoms with Gasteiger partial charge in [0.05, 0.1) is 5.54 Å². The Morgan fingerprint density at radius 2 is 2.05 bits per heavy atom. The van der Waals surface area contributed by atoms with Gasteiger partial charge in [0, 0.05) is 19.3 Å². The van der Waals surface area contributed by atoms with Crippen LogP contribution in [0.2, 0.25) is 0 Å². The molecule has 1 aliphatic heterocycles. The topological polar surface area (TPSA) is 32.7 Å². The van der Waals surface area contributed by atoms with E-state index >= 15 is 0 Å². The fourth-order valence-electron chi connectivity index (χ4n) is 3.73. The lowest BCUT2D eigenvalue weighted by atomic mass is 9.82. The zero-order chi connectivity index (χ0) is 13.3. The molecule has 19 heavy (non-hydrogen) atoms. The highest BCUT2D eigenvalue weighted by Crippen LogP contribution is 2.46. The lowest BCUT2D eigenvalue weighted by Crippen LogP contribution is -2.29. The number of hydrogen-bond acceptors (Lipinski definition) is 3. The molecule has 0 N–H and O–H groups in total. The van der Waals surface area contributed by atoms with Gasteiger partial charge in [-0.15, -0.1) is 0 Å². The van der Waals surface area contributed by atoms with Crippen LogP contribution in [-0.4, -0.2) is 19.7 Å². The third-order valence-corrected chi connectivity index (χ3v) is 4.67. The Labute approximate surface area is 114 Å². The van der Waals surface area contributed by atoms with E-state index < -0.39 is 0 Å². The Morgan fingerprint density at radius 3 is 2.79 bits per heavy atom. The molecule has 1 aromatic carbocycles. The van der Waals surface area contributed by atoms with Crippen LogP contribution in [0.15, 0.2) is 23.2 Å². The molecule has 2 aliphatic rings. The summed E-state index contributed by atoms with van der Waals surface area (Å²) >= 11 is 0. The van der Waals surface area contributed by atoms with E-state index in [0.717, 1.165) is 38.6 Å². The van der Waals surface area contributed by atoms with Gasteiger partial charge < -0.3 is 4.90 Å². The number of carbonyl (C=O) groups excluding carboxylic acids is 1. The monoisotopic (exact) mass is 256 g/mol. The Kier molecular flexibility index (Phi) is 3.16. The first-order valence-corrected chi connectivity index (χ1v) is 7.19. The van der Waals surface area contributed by atoms with Gasteiger partial charge >= 0.3 is 0 Å². The molecule has 1 heterocycles. The third-order valence-electron chi connectivity index (χ3n) is 4.67. The lowest BCUT2D eigenvalue weighted by Gasteiger charge is -2.33. The van der Waals surface area contributed by atoms with Crippen molar-refractivity contribution in [2.24, 2.45) is 4.99 Å². The zero-order valence-corrected chi connectivity index (χ0v) is 11.5. The van der Waals surface area contributed by atoms with Crippen molar-refractivity contribution < 1.29 is 4.79 Å². The molecule has 0 bridgehead atoms. The number of nitrogens with zero attached hydrogens (tertiary/aromatic N) is 2. The van der Waals surface area contributed by atoms with Crippen LogP contribution in [0, 0.1) is 0 Å². The second-order valence-electron chi connectivity index (χ2n) is 5.77. The van der Waals surface area contributed by atoms with Crippen molar-refractivity contribution in [1.29, 1.82) is 0 Å². The minimum atomic E-state index is -0.286. The molecule has 3 nitrogen and oxygen atoms in total.